The average molecular weight is 398 g/mol. The lowest BCUT2D eigenvalue weighted by Crippen LogP contribution is -2.53. The largest absolute Gasteiger partial charge is 0.380 e. The molecule has 2 aliphatic rings. The molecule has 1 saturated carbocycles. The zero-order valence-electron chi connectivity index (χ0n) is 15.8. The fourth-order valence-corrected chi connectivity index (χ4v) is 3.57. The zero-order valence-corrected chi connectivity index (χ0v) is 15.8. The van der Waals surface area contributed by atoms with E-state index in [1.165, 1.54) is 6.07 Å². The van der Waals surface area contributed by atoms with E-state index in [0.717, 1.165) is 11.1 Å². The molecular formula is C23H27FN2O3. The Labute approximate surface area is 170 Å². The molecule has 2 fully saturated rings. The number of hydrogen-bond acceptors (Lipinski definition) is 3. The van der Waals surface area contributed by atoms with E-state index < -0.39 is 5.60 Å². The van der Waals surface area contributed by atoms with Crippen LogP contribution in [-0.2, 0) is 4.79 Å². The summed E-state index contributed by atoms with van der Waals surface area (Å²) in [5.41, 5.74) is 1.47. The first-order chi connectivity index (χ1) is 13.4. The van der Waals surface area contributed by atoms with Crippen LogP contribution < -0.4 is 0 Å². The van der Waals surface area contributed by atoms with Gasteiger partial charge in [0.2, 0.25) is 0 Å². The Morgan fingerprint density at radius 2 is 1.55 bits per heavy atom. The molecule has 2 aromatic rings. The summed E-state index contributed by atoms with van der Waals surface area (Å²) < 4.78 is 14.2. The van der Waals surface area contributed by atoms with E-state index in [9.17, 15) is 19.1 Å². The number of aliphatic hydroxyl groups is 1. The molecule has 0 radical (unpaired) electrons. The van der Waals surface area contributed by atoms with E-state index in [1.807, 2.05) is 13.0 Å². The van der Waals surface area contributed by atoms with Gasteiger partial charge in [-0.1, -0.05) is 31.7 Å². The Hall–Kier alpha value is -2.73. The van der Waals surface area contributed by atoms with Crippen molar-refractivity contribution in [3.63, 3.8) is 0 Å². The smallest absolute Gasteiger partial charge is 0.254 e. The Balaban J connectivity index is 0.00000240. The van der Waals surface area contributed by atoms with Crippen LogP contribution in [0.15, 0.2) is 42.5 Å². The van der Waals surface area contributed by atoms with Gasteiger partial charge in [-0.15, -0.1) is 0 Å². The number of hydrogen-bond donors (Lipinski definition) is 1. The van der Waals surface area contributed by atoms with Crippen LogP contribution in [-0.4, -0.2) is 58.5 Å². The van der Waals surface area contributed by atoms with Crippen LogP contribution in [0.1, 0.15) is 36.2 Å². The third-order valence-electron chi connectivity index (χ3n) is 5.54. The van der Waals surface area contributed by atoms with Gasteiger partial charge in [0.05, 0.1) is 0 Å². The molecule has 5 nitrogen and oxygen atoms in total. The summed E-state index contributed by atoms with van der Waals surface area (Å²) in [4.78, 5) is 28.3. The van der Waals surface area contributed by atoms with Crippen molar-refractivity contribution in [2.75, 3.05) is 26.2 Å². The number of halogens is 1. The second-order valence-electron chi connectivity index (χ2n) is 7.68. The van der Waals surface area contributed by atoms with Crippen LogP contribution >= 0.6 is 0 Å². The first-order valence-corrected chi connectivity index (χ1v) is 9.55. The van der Waals surface area contributed by atoms with Gasteiger partial charge in [-0.3, -0.25) is 9.59 Å². The molecule has 1 saturated heterocycles. The van der Waals surface area contributed by atoms with Crippen molar-refractivity contribution < 1.29 is 19.1 Å². The van der Waals surface area contributed by atoms with Gasteiger partial charge in [-0.2, -0.15) is 0 Å². The fourth-order valence-electron chi connectivity index (χ4n) is 3.57. The van der Waals surface area contributed by atoms with E-state index >= 15 is 0 Å². The summed E-state index contributed by atoms with van der Waals surface area (Å²) in [5.74, 6) is -0.602. The van der Waals surface area contributed by atoms with Crippen molar-refractivity contribution >= 4 is 11.8 Å². The van der Waals surface area contributed by atoms with Crippen LogP contribution in [0.2, 0.25) is 0 Å². The van der Waals surface area contributed by atoms with Gasteiger partial charge >= 0.3 is 0 Å². The maximum Gasteiger partial charge on any atom is 0.254 e. The standard InChI is InChI=1S/C22H23FN2O3.CH4/c1-15-2-7-18(19(23)14-15)16-3-5-17(6-4-16)20(26)24-10-12-25(13-11-24)21(27)22(28)8-9-22;/h2-7,14,28H,8-13H2,1H3;1H4. The monoisotopic (exact) mass is 398 g/mol. The van der Waals surface area contributed by atoms with Gasteiger partial charge in [0.1, 0.15) is 11.4 Å². The Kier molecular flexibility index (Phi) is 5.75. The molecular weight excluding hydrogens is 371 g/mol. The minimum absolute atomic E-state index is 0. The van der Waals surface area contributed by atoms with E-state index in [4.69, 9.17) is 0 Å². The number of nitrogens with zero attached hydrogens (tertiary/aromatic N) is 2. The summed E-state index contributed by atoms with van der Waals surface area (Å²) in [5, 5.41) is 9.96. The molecule has 1 heterocycles. The summed E-state index contributed by atoms with van der Waals surface area (Å²) in [6.45, 7) is 3.58. The van der Waals surface area contributed by atoms with Gasteiger partial charge in [0.25, 0.3) is 11.8 Å². The number of carbonyl (C=O) groups excluding carboxylic acids is 2. The van der Waals surface area contributed by atoms with E-state index in [1.54, 1.807) is 40.1 Å². The molecule has 2 amide bonds. The van der Waals surface area contributed by atoms with Gasteiger partial charge < -0.3 is 14.9 Å². The molecule has 0 bridgehead atoms. The normalized spacial score (nSPS) is 17.5. The number of benzene rings is 2. The number of piperazine rings is 1. The van der Waals surface area contributed by atoms with Crippen molar-refractivity contribution in [2.45, 2.75) is 32.8 Å². The van der Waals surface area contributed by atoms with E-state index in [-0.39, 0.29) is 25.1 Å². The molecule has 2 aromatic carbocycles. The Bertz CT molecular complexity index is 914. The molecule has 1 aliphatic heterocycles. The van der Waals surface area contributed by atoms with Gasteiger partial charge in [0.15, 0.2) is 0 Å². The molecule has 0 aromatic heterocycles. The van der Waals surface area contributed by atoms with Crippen molar-refractivity contribution in [1.82, 2.24) is 9.80 Å². The molecule has 1 N–H and O–H groups in total. The van der Waals surface area contributed by atoms with E-state index in [0.29, 0.717) is 50.1 Å². The third-order valence-corrected chi connectivity index (χ3v) is 5.54. The molecule has 29 heavy (non-hydrogen) atoms. The maximum atomic E-state index is 14.2. The fraction of sp³-hybridized carbons (Fsp3) is 0.391. The Morgan fingerprint density at radius 3 is 2.10 bits per heavy atom. The average Bonchev–Trinajstić information content (AvgIpc) is 3.46. The quantitative estimate of drug-likeness (QED) is 0.863. The molecule has 4 rings (SSSR count). The predicted octanol–water partition coefficient (Wildman–Crippen LogP) is 3.25. The lowest BCUT2D eigenvalue weighted by Gasteiger charge is -2.35. The lowest BCUT2D eigenvalue weighted by atomic mass is 10.0. The Morgan fingerprint density at radius 1 is 0.966 bits per heavy atom. The number of rotatable bonds is 3. The highest BCUT2D eigenvalue weighted by molar-refractivity contribution is 5.95. The van der Waals surface area contributed by atoms with E-state index in [2.05, 4.69) is 0 Å². The molecule has 0 spiro atoms. The van der Waals surface area contributed by atoms with Crippen LogP contribution in [0.3, 0.4) is 0 Å². The van der Waals surface area contributed by atoms with Crippen LogP contribution in [0.5, 0.6) is 0 Å². The molecule has 154 valence electrons. The minimum Gasteiger partial charge on any atom is -0.380 e. The van der Waals surface area contributed by atoms with Gasteiger partial charge in [-0.05, 0) is 49.1 Å². The molecule has 0 atom stereocenters. The molecule has 1 aliphatic carbocycles. The summed E-state index contributed by atoms with van der Waals surface area (Å²) in [6.07, 6.45) is 1.05. The van der Waals surface area contributed by atoms with Crippen molar-refractivity contribution in [2.24, 2.45) is 0 Å². The van der Waals surface area contributed by atoms with Crippen LogP contribution in [0.25, 0.3) is 11.1 Å². The highest BCUT2D eigenvalue weighted by Crippen LogP contribution is 2.37. The molecule has 6 heteroatoms. The second-order valence-corrected chi connectivity index (χ2v) is 7.68. The minimum atomic E-state index is -1.16. The molecule has 0 unspecified atom stereocenters. The maximum absolute atomic E-state index is 14.2. The summed E-state index contributed by atoms with van der Waals surface area (Å²) in [6, 6.07) is 12.0. The van der Waals surface area contributed by atoms with Crippen LogP contribution in [0.4, 0.5) is 4.39 Å². The van der Waals surface area contributed by atoms with Gasteiger partial charge in [-0.25, -0.2) is 4.39 Å². The van der Waals surface area contributed by atoms with Crippen LogP contribution in [0, 0.1) is 12.7 Å². The highest BCUT2D eigenvalue weighted by atomic mass is 19.1. The summed E-state index contributed by atoms with van der Waals surface area (Å²) in [7, 11) is 0. The van der Waals surface area contributed by atoms with Crippen molar-refractivity contribution in [3.05, 3.63) is 59.4 Å². The first kappa shape index (κ1) is 21.0. The summed E-state index contributed by atoms with van der Waals surface area (Å²) >= 11 is 0. The first-order valence-electron chi connectivity index (χ1n) is 9.55. The highest BCUT2D eigenvalue weighted by Gasteiger charge is 2.50. The number of amides is 2. The topological polar surface area (TPSA) is 60.9 Å². The van der Waals surface area contributed by atoms with Crippen molar-refractivity contribution in [1.29, 1.82) is 0 Å². The predicted molar refractivity (Wildman–Crippen MR) is 110 cm³/mol. The zero-order chi connectivity index (χ0) is 19.9. The van der Waals surface area contributed by atoms with Gasteiger partial charge in [0, 0.05) is 37.3 Å². The number of carbonyl (C=O) groups is 2. The second kappa shape index (κ2) is 7.95. The lowest BCUT2D eigenvalue weighted by molar-refractivity contribution is -0.143. The number of aryl methyl sites for hydroxylation is 1. The third kappa shape index (κ3) is 4.17. The SMILES string of the molecule is C.Cc1ccc(-c2ccc(C(=O)N3CCN(C(=O)C4(O)CC4)CC3)cc2)c(F)c1. The van der Waals surface area contributed by atoms with Crippen molar-refractivity contribution in [3.8, 4) is 11.1 Å².